The summed E-state index contributed by atoms with van der Waals surface area (Å²) in [6.07, 6.45) is 1.84. The molecule has 152 valence electrons. The van der Waals surface area contributed by atoms with Crippen LogP contribution in [0.1, 0.15) is 26.7 Å². The van der Waals surface area contributed by atoms with Crippen molar-refractivity contribution >= 4 is 34.3 Å². The first-order valence-corrected chi connectivity index (χ1v) is 10.5. The minimum atomic E-state index is -0.418. The fourth-order valence-corrected chi connectivity index (χ4v) is 3.82. The molecular formula is C22H25N3O3S. The summed E-state index contributed by atoms with van der Waals surface area (Å²) in [4.78, 5) is 30.3. The molecule has 1 aromatic heterocycles. The molecule has 1 amide bonds. The molecule has 1 N–H and O–H groups in total. The lowest BCUT2D eigenvalue weighted by Gasteiger charge is -2.16. The topological polar surface area (TPSA) is 73.2 Å². The van der Waals surface area contributed by atoms with Crippen molar-refractivity contribution in [1.82, 2.24) is 9.55 Å². The summed E-state index contributed by atoms with van der Waals surface area (Å²) in [5.74, 6) is 0.579. The number of ether oxygens (including phenoxy) is 1. The summed E-state index contributed by atoms with van der Waals surface area (Å²) < 4.78 is 6.82. The molecule has 3 rings (SSSR count). The minimum absolute atomic E-state index is 0.0608. The van der Waals surface area contributed by atoms with Gasteiger partial charge in [0.15, 0.2) is 5.16 Å². The molecule has 6 nitrogen and oxygen atoms in total. The number of hydrogen-bond acceptors (Lipinski definition) is 5. The third kappa shape index (κ3) is 4.98. The van der Waals surface area contributed by atoms with Gasteiger partial charge in [0.25, 0.3) is 5.56 Å². The Labute approximate surface area is 174 Å². The number of nitrogens with one attached hydrogen (secondary N) is 1. The summed E-state index contributed by atoms with van der Waals surface area (Å²) in [5.41, 5.74) is 1.28. The molecule has 29 heavy (non-hydrogen) atoms. The van der Waals surface area contributed by atoms with Gasteiger partial charge >= 0.3 is 0 Å². The molecule has 0 saturated heterocycles. The van der Waals surface area contributed by atoms with Crippen LogP contribution in [0.5, 0.6) is 5.75 Å². The molecule has 1 unspecified atom stereocenters. The molecule has 0 aliphatic heterocycles. The minimum Gasteiger partial charge on any atom is -0.497 e. The normalized spacial score (nSPS) is 12.0. The zero-order valence-corrected chi connectivity index (χ0v) is 17.7. The van der Waals surface area contributed by atoms with Gasteiger partial charge in [0.05, 0.1) is 23.3 Å². The van der Waals surface area contributed by atoms with Crippen LogP contribution in [0, 0.1) is 0 Å². The first kappa shape index (κ1) is 20.9. The van der Waals surface area contributed by atoms with E-state index in [2.05, 4.69) is 17.2 Å². The molecule has 0 fully saturated rings. The summed E-state index contributed by atoms with van der Waals surface area (Å²) >= 11 is 1.30. The number of carbonyl (C=O) groups excluding carboxylic acids is 1. The van der Waals surface area contributed by atoms with Gasteiger partial charge in [-0.1, -0.05) is 37.2 Å². The Morgan fingerprint density at radius 2 is 1.93 bits per heavy atom. The maximum Gasteiger partial charge on any atom is 0.262 e. The van der Waals surface area contributed by atoms with Gasteiger partial charge in [0.2, 0.25) is 5.91 Å². The molecule has 0 bridgehead atoms. The van der Waals surface area contributed by atoms with Gasteiger partial charge in [-0.05, 0) is 49.7 Å². The van der Waals surface area contributed by atoms with Crippen LogP contribution in [-0.4, -0.2) is 27.8 Å². The van der Waals surface area contributed by atoms with Crippen LogP contribution in [-0.2, 0) is 11.3 Å². The molecule has 0 radical (unpaired) electrons. The number of benzene rings is 2. The quantitative estimate of drug-likeness (QED) is 0.441. The zero-order valence-electron chi connectivity index (χ0n) is 16.8. The largest absolute Gasteiger partial charge is 0.497 e. The highest BCUT2D eigenvalue weighted by Crippen LogP contribution is 2.24. The molecule has 1 heterocycles. The van der Waals surface area contributed by atoms with E-state index < -0.39 is 5.25 Å². The summed E-state index contributed by atoms with van der Waals surface area (Å²) in [6, 6.07) is 14.5. The van der Waals surface area contributed by atoms with Gasteiger partial charge in [-0.15, -0.1) is 0 Å². The molecule has 0 aliphatic carbocycles. The van der Waals surface area contributed by atoms with Gasteiger partial charge in [-0.25, -0.2) is 4.98 Å². The second-order valence-corrected chi connectivity index (χ2v) is 8.01. The van der Waals surface area contributed by atoms with Crippen LogP contribution in [0.3, 0.4) is 0 Å². The van der Waals surface area contributed by atoms with E-state index >= 15 is 0 Å². The van der Waals surface area contributed by atoms with Gasteiger partial charge in [0, 0.05) is 12.2 Å². The van der Waals surface area contributed by atoms with Gasteiger partial charge < -0.3 is 10.1 Å². The molecule has 1 atom stereocenters. The Balaban J connectivity index is 1.83. The number of anilines is 1. The lowest BCUT2D eigenvalue weighted by atomic mass is 10.2. The van der Waals surface area contributed by atoms with Gasteiger partial charge in [0.1, 0.15) is 5.75 Å². The van der Waals surface area contributed by atoms with Crippen molar-refractivity contribution in [1.29, 1.82) is 0 Å². The Bertz CT molecular complexity index is 1050. The van der Waals surface area contributed by atoms with Crippen LogP contribution in [0.15, 0.2) is 58.5 Å². The smallest absolute Gasteiger partial charge is 0.262 e. The second-order valence-electron chi connectivity index (χ2n) is 6.70. The maximum atomic E-state index is 13.0. The Kier molecular flexibility index (Phi) is 6.93. The number of hydrogen-bond donors (Lipinski definition) is 1. The molecular weight excluding hydrogens is 386 g/mol. The highest BCUT2D eigenvalue weighted by Gasteiger charge is 2.19. The number of aromatic nitrogens is 2. The Morgan fingerprint density at radius 1 is 1.21 bits per heavy atom. The fraction of sp³-hybridized carbons (Fsp3) is 0.318. The third-order valence-corrected chi connectivity index (χ3v) is 5.66. The predicted octanol–water partition coefficient (Wildman–Crippen LogP) is 4.32. The van der Waals surface area contributed by atoms with Crippen LogP contribution in [0.4, 0.5) is 5.69 Å². The average Bonchev–Trinajstić information content (AvgIpc) is 2.74. The monoisotopic (exact) mass is 411 g/mol. The molecule has 7 heteroatoms. The number of methoxy groups -OCH3 is 1. The first-order chi connectivity index (χ1) is 14.0. The van der Waals surface area contributed by atoms with Crippen molar-refractivity contribution in [3.63, 3.8) is 0 Å². The van der Waals surface area contributed by atoms with E-state index in [-0.39, 0.29) is 11.5 Å². The molecule has 0 aliphatic rings. The zero-order chi connectivity index (χ0) is 20.8. The van der Waals surface area contributed by atoms with E-state index in [0.717, 1.165) is 18.6 Å². The Morgan fingerprint density at radius 3 is 2.62 bits per heavy atom. The maximum absolute atomic E-state index is 13.0. The van der Waals surface area contributed by atoms with E-state index in [1.54, 1.807) is 42.0 Å². The number of fused-ring (bicyclic) bond motifs is 1. The molecule has 0 saturated carbocycles. The number of nitrogens with zero attached hydrogens (tertiary/aromatic N) is 2. The van der Waals surface area contributed by atoms with Crippen LogP contribution < -0.4 is 15.6 Å². The lowest BCUT2D eigenvalue weighted by Crippen LogP contribution is -2.27. The van der Waals surface area contributed by atoms with E-state index in [1.165, 1.54) is 11.8 Å². The van der Waals surface area contributed by atoms with Crippen molar-refractivity contribution in [3.05, 3.63) is 58.9 Å². The van der Waals surface area contributed by atoms with Crippen LogP contribution in [0.25, 0.3) is 10.9 Å². The van der Waals surface area contributed by atoms with Crippen molar-refractivity contribution in [3.8, 4) is 5.75 Å². The van der Waals surface area contributed by atoms with Crippen molar-refractivity contribution < 1.29 is 9.53 Å². The number of rotatable bonds is 8. The van der Waals surface area contributed by atoms with Crippen molar-refractivity contribution in [2.45, 2.75) is 43.6 Å². The molecule has 0 spiro atoms. The van der Waals surface area contributed by atoms with E-state index in [9.17, 15) is 9.59 Å². The van der Waals surface area contributed by atoms with E-state index in [0.29, 0.717) is 28.3 Å². The van der Waals surface area contributed by atoms with Gasteiger partial charge in [-0.2, -0.15) is 0 Å². The van der Waals surface area contributed by atoms with Gasteiger partial charge in [-0.3, -0.25) is 14.2 Å². The SMILES string of the molecule is CCCCn1c(SC(C)C(=O)Nc2ccc(OC)cc2)nc2ccccc2c1=O. The van der Waals surface area contributed by atoms with Crippen LogP contribution in [0.2, 0.25) is 0 Å². The number of para-hydroxylation sites is 1. The number of amides is 1. The van der Waals surface area contributed by atoms with E-state index in [4.69, 9.17) is 4.74 Å². The predicted molar refractivity (Wildman–Crippen MR) is 118 cm³/mol. The third-order valence-electron chi connectivity index (χ3n) is 4.57. The fourth-order valence-electron chi connectivity index (χ4n) is 2.88. The number of unbranched alkanes of at least 4 members (excludes halogenated alkanes) is 1. The summed E-state index contributed by atoms with van der Waals surface area (Å²) in [6.45, 7) is 4.48. The number of carbonyl (C=O) groups is 1. The summed E-state index contributed by atoms with van der Waals surface area (Å²) in [5, 5.41) is 3.65. The Hall–Kier alpha value is -2.80. The average molecular weight is 412 g/mol. The highest BCUT2D eigenvalue weighted by atomic mass is 32.2. The second kappa shape index (κ2) is 9.60. The number of thioether (sulfide) groups is 1. The van der Waals surface area contributed by atoms with Crippen molar-refractivity contribution in [2.75, 3.05) is 12.4 Å². The lowest BCUT2D eigenvalue weighted by molar-refractivity contribution is -0.115. The van der Waals surface area contributed by atoms with Crippen molar-refractivity contribution in [2.24, 2.45) is 0 Å². The first-order valence-electron chi connectivity index (χ1n) is 9.64. The summed E-state index contributed by atoms with van der Waals surface area (Å²) in [7, 11) is 1.60. The molecule has 2 aromatic carbocycles. The molecule has 3 aromatic rings. The van der Waals surface area contributed by atoms with E-state index in [1.807, 2.05) is 25.1 Å². The standard InChI is InChI=1S/C22H25N3O3S/c1-4-5-14-25-21(27)18-8-6-7-9-19(18)24-22(25)29-15(2)20(26)23-16-10-12-17(28-3)13-11-16/h6-13,15H,4-5,14H2,1-3H3,(H,23,26). The highest BCUT2D eigenvalue weighted by molar-refractivity contribution is 8.00. The van der Waals surface area contributed by atoms with Crippen LogP contribution >= 0.6 is 11.8 Å².